The molecular weight excluding hydrogens is 484 g/mol. The minimum absolute atomic E-state index is 0.0148. The number of phenolic OH excluding ortho intramolecular Hbond substituents is 1. The van der Waals surface area contributed by atoms with Gasteiger partial charge in [-0.25, -0.2) is 9.69 Å². The lowest BCUT2D eigenvalue weighted by molar-refractivity contribution is -0.149. The minimum Gasteiger partial charge on any atom is -0.504 e. The average Bonchev–Trinajstić information content (AvgIpc) is 3.42. The van der Waals surface area contributed by atoms with E-state index in [2.05, 4.69) is 5.32 Å². The second kappa shape index (κ2) is 9.79. The van der Waals surface area contributed by atoms with Gasteiger partial charge in [0.15, 0.2) is 17.0 Å². The van der Waals surface area contributed by atoms with Gasteiger partial charge < -0.3 is 14.9 Å². The zero-order valence-electron chi connectivity index (χ0n) is 21.0. The molecule has 5 rings (SSSR count). The van der Waals surface area contributed by atoms with Gasteiger partial charge in [-0.15, -0.1) is 0 Å². The van der Waals surface area contributed by atoms with Crippen molar-refractivity contribution in [2.75, 3.05) is 12.0 Å². The number of nitrogens with one attached hydrogen (secondary N) is 1. The van der Waals surface area contributed by atoms with Gasteiger partial charge >= 0.3 is 5.97 Å². The molecule has 0 aromatic heterocycles. The second-order valence-electron chi connectivity index (χ2n) is 9.48. The molecule has 0 saturated carbocycles. The summed E-state index contributed by atoms with van der Waals surface area (Å²) < 4.78 is 5.18. The quantitative estimate of drug-likeness (QED) is 0.413. The Kier molecular flexibility index (Phi) is 6.50. The number of carbonyl (C=O) groups is 3. The monoisotopic (exact) mass is 512 g/mol. The van der Waals surface area contributed by atoms with E-state index in [0.29, 0.717) is 16.8 Å². The van der Waals surface area contributed by atoms with Crippen molar-refractivity contribution >= 4 is 29.5 Å². The largest absolute Gasteiger partial charge is 0.504 e. The summed E-state index contributed by atoms with van der Waals surface area (Å²) in [5.74, 6) is -4.07. The first-order chi connectivity index (χ1) is 18.3. The summed E-state index contributed by atoms with van der Waals surface area (Å²) in [7, 11) is 1.44. The van der Waals surface area contributed by atoms with Crippen molar-refractivity contribution in [1.82, 2.24) is 5.32 Å². The van der Waals surface area contributed by atoms with E-state index in [0.717, 1.165) is 16.9 Å². The van der Waals surface area contributed by atoms with Crippen LogP contribution in [-0.4, -0.2) is 41.1 Å². The van der Waals surface area contributed by atoms with Crippen LogP contribution in [0.5, 0.6) is 11.5 Å². The molecule has 2 heterocycles. The zero-order valence-corrected chi connectivity index (χ0v) is 21.0. The molecule has 0 radical (unpaired) electrons. The van der Waals surface area contributed by atoms with Crippen LogP contribution in [0.2, 0.25) is 0 Å². The molecule has 194 valence electrons. The molecular formula is C30H28N2O6. The summed E-state index contributed by atoms with van der Waals surface area (Å²) in [6.07, 6.45) is 4.23. The third kappa shape index (κ3) is 3.94. The fourth-order valence-electron chi connectivity index (χ4n) is 5.55. The lowest BCUT2D eigenvalue weighted by Gasteiger charge is -2.31. The molecule has 3 aromatic rings. The Labute approximate surface area is 220 Å². The van der Waals surface area contributed by atoms with Gasteiger partial charge in [0.2, 0.25) is 11.8 Å². The van der Waals surface area contributed by atoms with Gasteiger partial charge in [-0.1, -0.05) is 67.6 Å². The number of ether oxygens (including phenoxy) is 1. The van der Waals surface area contributed by atoms with E-state index >= 15 is 0 Å². The van der Waals surface area contributed by atoms with Gasteiger partial charge in [0.25, 0.3) is 0 Å². The topological polar surface area (TPSA) is 116 Å². The lowest BCUT2D eigenvalue weighted by atomic mass is 9.76. The Morgan fingerprint density at radius 2 is 1.76 bits per heavy atom. The maximum Gasteiger partial charge on any atom is 0.329 e. The Morgan fingerprint density at radius 1 is 1.05 bits per heavy atom. The highest BCUT2D eigenvalue weighted by atomic mass is 16.5. The van der Waals surface area contributed by atoms with Crippen LogP contribution in [0.1, 0.15) is 23.6 Å². The molecule has 2 aliphatic rings. The second-order valence-corrected chi connectivity index (χ2v) is 9.48. The number of fused-ring (bicyclic) bond motifs is 1. The first-order valence-electron chi connectivity index (χ1n) is 12.4. The van der Waals surface area contributed by atoms with Crippen LogP contribution in [-0.2, 0) is 26.3 Å². The molecule has 3 N–H and O–H groups in total. The van der Waals surface area contributed by atoms with Crippen LogP contribution in [0.15, 0.2) is 78.9 Å². The molecule has 0 bridgehead atoms. The third-order valence-electron chi connectivity index (χ3n) is 7.47. The number of hydrogen-bond donors (Lipinski definition) is 3. The summed E-state index contributed by atoms with van der Waals surface area (Å²) in [6, 6.07) is 19.7. The number of amides is 2. The predicted octanol–water partition coefficient (Wildman–Crippen LogP) is 3.73. The van der Waals surface area contributed by atoms with Gasteiger partial charge in [0.05, 0.1) is 24.6 Å². The summed E-state index contributed by atoms with van der Waals surface area (Å²) in [6.45, 7) is 2.01. The number of hydrogen-bond acceptors (Lipinski definition) is 6. The Balaban J connectivity index is 1.61. The average molecular weight is 513 g/mol. The molecule has 4 unspecified atom stereocenters. The van der Waals surface area contributed by atoms with Crippen LogP contribution in [0.25, 0.3) is 6.08 Å². The number of benzene rings is 3. The minimum atomic E-state index is -1.81. The van der Waals surface area contributed by atoms with Crippen LogP contribution < -0.4 is 15.0 Å². The number of aliphatic carboxylic acids is 1. The highest BCUT2D eigenvalue weighted by Gasteiger charge is 2.68. The number of phenols is 1. The smallest absolute Gasteiger partial charge is 0.329 e. The molecule has 8 heteroatoms. The standard InChI is InChI=1S/C30H28N2O6/c1-3-18-9-13-21(14-10-18)32-27(34)25-22(15-11-19-12-16-23(33)24(17-19)38-2)31-30(29(36)37,26(25)28(32)35)20-7-5-4-6-8-20/h4-17,22,25-26,31,33H,3H2,1-2H3,(H,36,37). The maximum atomic E-state index is 13.9. The maximum absolute atomic E-state index is 13.9. The number of aryl methyl sites for hydroxylation is 1. The summed E-state index contributed by atoms with van der Waals surface area (Å²) in [4.78, 5) is 41.9. The number of carbonyl (C=O) groups excluding carboxylic acids is 2. The van der Waals surface area contributed by atoms with Crippen LogP contribution in [0, 0.1) is 11.8 Å². The van der Waals surface area contributed by atoms with Crippen molar-refractivity contribution in [3.63, 3.8) is 0 Å². The molecule has 2 saturated heterocycles. The molecule has 0 aliphatic carbocycles. The molecule has 2 fully saturated rings. The van der Waals surface area contributed by atoms with Crippen molar-refractivity contribution in [3.8, 4) is 11.5 Å². The molecule has 0 spiro atoms. The lowest BCUT2D eigenvalue weighted by Crippen LogP contribution is -2.54. The highest BCUT2D eigenvalue weighted by Crippen LogP contribution is 2.49. The van der Waals surface area contributed by atoms with E-state index < -0.39 is 41.2 Å². The van der Waals surface area contributed by atoms with Crippen LogP contribution in [0.3, 0.4) is 0 Å². The first-order valence-corrected chi connectivity index (χ1v) is 12.4. The first kappa shape index (κ1) is 25.2. The summed E-state index contributed by atoms with van der Waals surface area (Å²) in [5.41, 5.74) is 0.746. The van der Waals surface area contributed by atoms with Crippen molar-refractivity contribution in [1.29, 1.82) is 0 Å². The fraction of sp³-hybridized carbons (Fsp3) is 0.233. The van der Waals surface area contributed by atoms with Crippen LogP contribution >= 0.6 is 0 Å². The van der Waals surface area contributed by atoms with E-state index in [-0.39, 0.29) is 11.5 Å². The number of carboxylic acids is 1. The third-order valence-corrected chi connectivity index (χ3v) is 7.47. The summed E-state index contributed by atoms with van der Waals surface area (Å²) in [5, 5.41) is 23.6. The molecule has 3 aromatic carbocycles. The van der Waals surface area contributed by atoms with Crippen molar-refractivity contribution in [3.05, 3.63) is 95.6 Å². The normalized spacial score (nSPS) is 24.7. The van der Waals surface area contributed by atoms with Gasteiger partial charge in [-0.2, -0.15) is 0 Å². The Hall–Kier alpha value is -4.43. The predicted molar refractivity (Wildman–Crippen MR) is 142 cm³/mol. The van der Waals surface area contributed by atoms with E-state index in [9.17, 15) is 24.6 Å². The SMILES string of the molecule is CCc1ccc(N2C(=O)C3C(C=Cc4ccc(O)c(OC)c4)NC(C(=O)O)(c4ccccc4)C3C2=O)cc1. The zero-order chi connectivity index (χ0) is 27.0. The molecule has 8 nitrogen and oxygen atoms in total. The van der Waals surface area contributed by atoms with Gasteiger partial charge in [0.1, 0.15) is 0 Å². The molecule has 4 atom stereocenters. The van der Waals surface area contributed by atoms with E-state index in [4.69, 9.17) is 4.74 Å². The van der Waals surface area contributed by atoms with E-state index in [1.165, 1.54) is 13.2 Å². The van der Waals surface area contributed by atoms with Gasteiger partial charge in [0, 0.05) is 6.04 Å². The van der Waals surface area contributed by atoms with Crippen molar-refractivity contribution in [2.45, 2.75) is 24.9 Å². The summed E-state index contributed by atoms with van der Waals surface area (Å²) >= 11 is 0. The Morgan fingerprint density at radius 3 is 2.39 bits per heavy atom. The molecule has 2 aliphatic heterocycles. The van der Waals surface area contributed by atoms with Crippen LogP contribution in [0.4, 0.5) is 5.69 Å². The number of carboxylic acid groups (broad SMARTS) is 1. The van der Waals surface area contributed by atoms with E-state index in [1.54, 1.807) is 66.7 Å². The number of anilines is 1. The van der Waals surface area contributed by atoms with E-state index in [1.807, 2.05) is 19.1 Å². The number of imide groups is 1. The number of rotatable bonds is 7. The fourth-order valence-corrected chi connectivity index (χ4v) is 5.55. The highest BCUT2D eigenvalue weighted by molar-refractivity contribution is 6.24. The molecule has 2 amide bonds. The van der Waals surface area contributed by atoms with Crippen molar-refractivity contribution in [2.24, 2.45) is 11.8 Å². The van der Waals surface area contributed by atoms with Gasteiger partial charge in [-0.3, -0.25) is 14.9 Å². The number of nitrogens with zero attached hydrogens (tertiary/aromatic N) is 1. The number of aromatic hydroxyl groups is 1. The number of methoxy groups -OCH3 is 1. The van der Waals surface area contributed by atoms with Crippen molar-refractivity contribution < 1.29 is 29.3 Å². The van der Waals surface area contributed by atoms with Gasteiger partial charge in [-0.05, 0) is 47.4 Å². The Bertz CT molecular complexity index is 1420. The molecule has 38 heavy (non-hydrogen) atoms.